The second-order valence-corrected chi connectivity index (χ2v) is 5.53. The van der Waals surface area contributed by atoms with Crippen LogP contribution in [0.3, 0.4) is 0 Å². The van der Waals surface area contributed by atoms with Crippen LogP contribution in [0.2, 0.25) is 0 Å². The first-order valence-electron chi connectivity index (χ1n) is 8.09. The molecule has 0 aliphatic carbocycles. The molecule has 0 aliphatic rings. The van der Waals surface area contributed by atoms with E-state index in [0.29, 0.717) is 5.69 Å². The Bertz CT molecular complexity index is 862. The van der Waals surface area contributed by atoms with E-state index in [0.717, 1.165) is 18.5 Å². The molecule has 134 valence electrons. The highest BCUT2D eigenvalue weighted by molar-refractivity contribution is 5.72. The first kappa shape index (κ1) is 17.6. The highest BCUT2D eigenvalue weighted by atomic mass is 16.7. The molecule has 2 aromatic heterocycles. The van der Waals surface area contributed by atoms with E-state index < -0.39 is 0 Å². The summed E-state index contributed by atoms with van der Waals surface area (Å²) in [5, 5.41) is 13.9. The molecule has 0 saturated heterocycles. The van der Waals surface area contributed by atoms with Gasteiger partial charge in [0, 0.05) is 18.9 Å². The molecule has 2 heterocycles. The number of hydrogen-bond acceptors (Lipinski definition) is 7. The molecule has 0 unspecified atom stereocenters. The van der Waals surface area contributed by atoms with Gasteiger partial charge in [0.1, 0.15) is 6.33 Å². The summed E-state index contributed by atoms with van der Waals surface area (Å²) < 4.78 is 15.0. The monoisotopic (exact) mass is 353 g/mol. The average molecular weight is 353 g/mol. The Kier molecular flexibility index (Phi) is 5.95. The van der Waals surface area contributed by atoms with Crippen molar-refractivity contribution in [1.82, 2.24) is 15.1 Å². The van der Waals surface area contributed by atoms with Crippen molar-refractivity contribution in [3.63, 3.8) is 0 Å². The Morgan fingerprint density at radius 2 is 2.00 bits per heavy atom. The fourth-order valence-corrected chi connectivity index (χ4v) is 2.33. The Balaban J connectivity index is 1.67. The molecule has 0 bridgehead atoms. The maximum absolute atomic E-state index is 10.2. The van der Waals surface area contributed by atoms with E-state index in [-0.39, 0.29) is 24.2 Å². The van der Waals surface area contributed by atoms with E-state index in [2.05, 4.69) is 27.3 Å². The van der Waals surface area contributed by atoms with Gasteiger partial charge < -0.3 is 19.1 Å². The minimum absolute atomic E-state index is 0.0487. The number of ether oxygens (including phenoxy) is 2. The SMILES string of the molecule is COCOc1cc(/C(O)=C/c2cc(CCc3ccccc3)ncn2)on1. The van der Waals surface area contributed by atoms with Crippen LogP contribution in [0.5, 0.6) is 5.88 Å². The number of rotatable bonds is 8. The van der Waals surface area contributed by atoms with Gasteiger partial charge in [-0.1, -0.05) is 30.3 Å². The topological polar surface area (TPSA) is 90.5 Å². The van der Waals surface area contributed by atoms with Crippen LogP contribution < -0.4 is 4.74 Å². The first-order chi connectivity index (χ1) is 12.7. The molecule has 0 amide bonds. The first-order valence-corrected chi connectivity index (χ1v) is 8.09. The Labute approximate surface area is 150 Å². The number of aliphatic hydroxyl groups excluding tert-OH is 1. The van der Waals surface area contributed by atoms with Gasteiger partial charge in [0.2, 0.25) is 5.76 Å². The number of aliphatic hydroxyl groups is 1. The highest BCUT2D eigenvalue weighted by Crippen LogP contribution is 2.19. The lowest BCUT2D eigenvalue weighted by Gasteiger charge is -2.02. The molecular weight excluding hydrogens is 334 g/mol. The maximum atomic E-state index is 10.2. The van der Waals surface area contributed by atoms with Crippen LogP contribution in [0.4, 0.5) is 0 Å². The Hall–Kier alpha value is -3.19. The zero-order valence-corrected chi connectivity index (χ0v) is 14.3. The van der Waals surface area contributed by atoms with Crippen LogP contribution in [0.1, 0.15) is 22.7 Å². The molecule has 26 heavy (non-hydrogen) atoms. The van der Waals surface area contributed by atoms with Crippen molar-refractivity contribution in [2.24, 2.45) is 0 Å². The van der Waals surface area contributed by atoms with Gasteiger partial charge in [0.15, 0.2) is 12.6 Å². The molecule has 0 radical (unpaired) electrons. The van der Waals surface area contributed by atoms with Crippen molar-refractivity contribution in [1.29, 1.82) is 0 Å². The third kappa shape index (κ3) is 4.90. The molecule has 0 aliphatic heterocycles. The third-order valence-electron chi connectivity index (χ3n) is 3.61. The van der Waals surface area contributed by atoms with Gasteiger partial charge in [-0.05, 0) is 29.6 Å². The van der Waals surface area contributed by atoms with E-state index in [1.165, 1.54) is 31.1 Å². The van der Waals surface area contributed by atoms with E-state index in [4.69, 9.17) is 14.0 Å². The normalized spacial score (nSPS) is 11.5. The van der Waals surface area contributed by atoms with Crippen molar-refractivity contribution in [3.05, 3.63) is 71.5 Å². The van der Waals surface area contributed by atoms with Crippen molar-refractivity contribution < 1.29 is 19.1 Å². The number of aromatic nitrogens is 3. The number of nitrogens with zero attached hydrogens (tertiary/aromatic N) is 3. The molecule has 7 heteroatoms. The molecule has 3 aromatic rings. The largest absolute Gasteiger partial charge is 0.504 e. The lowest BCUT2D eigenvalue weighted by atomic mass is 10.1. The summed E-state index contributed by atoms with van der Waals surface area (Å²) in [4.78, 5) is 8.44. The summed E-state index contributed by atoms with van der Waals surface area (Å²) in [6.45, 7) is 0.0487. The van der Waals surface area contributed by atoms with Crippen molar-refractivity contribution in [2.75, 3.05) is 13.9 Å². The van der Waals surface area contributed by atoms with Crippen molar-refractivity contribution >= 4 is 11.8 Å². The molecule has 0 saturated carbocycles. The zero-order chi connectivity index (χ0) is 18.2. The molecule has 0 atom stereocenters. The predicted octanol–water partition coefficient (Wildman–Crippen LogP) is 3.29. The van der Waals surface area contributed by atoms with Gasteiger partial charge in [0.25, 0.3) is 5.88 Å². The van der Waals surface area contributed by atoms with Crippen LogP contribution in [0, 0.1) is 0 Å². The lowest BCUT2D eigenvalue weighted by Crippen LogP contribution is -1.98. The summed E-state index contributed by atoms with van der Waals surface area (Å²) >= 11 is 0. The highest BCUT2D eigenvalue weighted by Gasteiger charge is 2.10. The molecule has 0 fully saturated rings. The summed E-state index contributed by atoms with van der Waals surface area (Å²) in [5.74, 6) is 0.311. The van der Waals surface area contributed by atoms with E-state index in [1.54, 1.807) is 0 Å². The number of benzene rings is 1. The van der Waals surface area contributed by atoms with Crippen molar-refractivity contribution in [2.45, 2.75) is 12.8 Å². The fourth-order valence-electron chi connectivity index (χ4n) is 2.33. The summed E-state index contributed by atoms with van der Waals surface area (Å²) in [7, 11) is 1.50. The standard InChI is InChI=1S/C19H19N3O4/c1-24-13-25-19-11-18(26-22-19)17(23)10-16-9-15(20-12-21-16)8-7-14-5-3-2-4-6-14/h2-6,9-12,23H,7-8,13H2,1H3/b17-10-. The molecule has 0 spiro atoms. The van der Waals surface area contributed by atoms with E-state index in [9.17, 15) is 5.11 Å². The van der Waals surface area contributed by atoms with Gasteiger partial charge in [-0.3, -0.25) is 0 Å². The van der Waals surface area contributed by atoms with E-state index in [1.807, 2.05) is 24.3 Å². The van der Waals surface area contributed by atoms with Gasteiger partial charge in [-0.25, -0.2) is 9.97 Å². The van der Waals surface area contributed by atoms with Crippen LogP contribution in [0.25, 0.3) is 11.8 Å². The quantitative estimate of drug-likeness (QED) is 0.491. The Morgan fingerprint density at radius 3 is 2.81 bits per heavy atom. The van der Waals surface area contributed by atoms with Crippen LogP contribution in [0.15, 0.2) is 53.3 Å². The fraction of sp³-hybridized carbons (Fsp3) is 0.211. The minimum atomic E-state index is -0.0996. The predicted molar refractivity (Wildman–Crippen MR) is 95.4 cm³/mol. The summed E-state index contributed by atoms with van der Waals surface area (Å²) in [6, 6.07) is 13.5. The minimum Gasteiger partial charge on any atom is -0.504 e. The smallest absolute Gasteiger partial charge is 0.256 e. The Morgan fingerprint density at radius 1 is 1.15 bits per heavy atom. The van der Waals surface area contributed by atoms with E-state index >= 15 is 0 Å². The molecular formula is C19H19N3O4. The molecule has 7 nitrogen and oxygen atoms in total. The van der Waals surface area contributed by atoms with Crippen LogP contribution in [-0.4, -0.2) is 34.1 Å². The molecule has 1 aromatic carbocycles. The maximum Gasteiger partial charge on any atom is 0.256 e. The van der Waals surface area contributed by atoms with Gasteiger partial charge in [0.05, 0.1) is 11.8 Å². The van der Waals surface area contributed by atoms with Gasteiger partial charge in [-0.15, -0.1) is 0 Å². The van der Waals surface area contributed by atoms with Gasteiger partial charge >= 0.3 is 0 Å². The zero-order valence-electron chi connectivity index (χ0n) is 14.3. The lowest BCUT2D eigenvalue weighted by molar-refractivity contribution is 0.0453. The summed E-state index contributed by atoms with van der Waals surface area (Å²) in [5.41, 5.74) is 2.72. The van der Waals surface area contributed by atoms with Gasteiger partial charge in [-0.2, -0.15) is 0 Å². The number of aryl methyl sites for hydroxylation is 2. The van der Waals surface area contributed by atoms with Crippen molar-refractivity contribution in [3.8, 4) is 5.88 Å². The second-order valence-electron chi connectivity index (χ2n) is 5.53. The van der Waals surface area contributed by atoms with Crippen LogP contribution in [-0.2, 0) is 17.6 Å². The summed E-state index contributed by atoms with van der Waals surface area (Å²) in [6.07, 6.45) is 4.64. The third-order valence-corrected chi connectivity index (χ3v) is 3.61. The second kappa shape index (κ2) is 8.77. The average Bonchev–Trinajstić information content (AvgIpc) is 3.15. The van der Waals surface area contributed by atoms with Crippen LogP contribution >= 0.6 is 0 Å². The molecule has 3 rings (SSSR count). The number of hydrogen-bond donors (Lipinski definition) is 1. The molecule has 1 N–H and O–H groups in total. The number of methoxy groups -OCH3 is 1.